The quantitative estimate of drug-likeness (QED) is 0.719. The summed E-state index contributed by atoms with van der Waals surface area (Å²) in [4.78, 5) is 23.4. The Kier molecular flexibility index (Phi) is 7.48. The topological polar surface area (TPSA) is 64.6 Å². The summed E-state index contributed by atoms with van der Waals surface area (Å²) in [6.07, 6.45) is 0.728. The normalized spacial score (nSPS) is 10.3. The molecule has 26 heavy (non-hydrogen) atoms. The second-order valence-corrected chi connectivity index (χ2v) is 6.29. The van der Waals surface area contributed by atoms with E-state index in [4.69, 9.17) is 21.1 Å². The maximum absolute atomic E-state index is 11.7. The fourth-order valence-corrected chi connectivity index (χ4v) is 2.43. The van der Waals surface area contributed by atoms with Crippen LogP contribution in [-0.4, -0.2) is 31.6 Å². The molecule has 0 radical (unpaired) electrons. The molecule has 2 aromatic carbocycles. The van der Waals surface area contributed by atoms with Crippen LogP contribution in [0.25, 0.3) is 0 Å². The summed E-state index contributed by atoms with van der Waals surface area (Å²) in [7, 11) is 0. The highest BCUT2D eigenvalue weighted by atomic mass is 35.5. The number of halogens is 1. The first-order valence-electron chi connectivity index (χ1n) is 8.31. The molecule has 0 fully saturated rings. The second kappa shape index (κ2) is 9.82. The van der Waals surface area contributed by atoms with E-state index in [9.17, 15) is 9.59 Å². The summed E-state index contributed by atoms with van der Waals surface area (Å²) >= 11 is 5.93. The van der Waals surface area contributed by atoms with Crippen molar-refractivity contribution in [3.05, 3.63) is 64.2 Å². The van der Waals surface area contributed by atoms with Crippen LogP contribution in [0.2, 0.25) is 5.02 Å². The van der Waals surface area contributed by atoms with Crippen molar-refractivity contribution >= 4 is 23.5 Å². The monoisotopic (exact) mass is 375 g/mol. The number of carbonyl (C=O) groups excluding carboxylic acids is 2. The summed E-state index contributed by atoms with van der Waals surface area (Å²) in [6, 6.07) is 13.1. The van der Waals surface area contributed by atoms with E-state index in [1.807, 2.05) is 38.1 Å². The largest absolute Gasteiger partial charge is 0.482 e. The van der Waals surface area contributed by atoms with Gasteiger partial charge in [-0.1, -0.05) is 35.9 Å². The number of aryl methyl sites for hydroxylation is 2. The molecule has 0 unspecified atom stereocenters. The molecule has 0 aliphatic rings. The van der Waals surface area contributed by atoms with Crippen molar-refractivity contribution < 1.29 is 19.1 Å². The van der Waals surface area contributed by atoms with Gasteiger partial charge in [0.2, 0.25) is 0 Å². The number of amides is 1. The van der Waals surface area contributed by atoms with Crippen molar-refractivity contribution in [2.45, 2.75) is 20.3 Å². The number of ether oxygens (including phenoxy) is 2. The Balaban J connectivity index is 1.64. The third-order valence-corrected chi connectivity index (χ3v) is 4.25. The maximum Gasteiger partial charge on any atom is 0.344 e. The first kappa shape index (κ1) is 19.8. The molecule has 5 nitrogen and oxygen atoms in total. The molecule has 2 rings (SSSR count). The molecule has 0 aliphatic heterocycles. The van der Waals surface area contributed by atoms with Crippen LogP contribution in [0.15, 0.2) is 42.5 Å². The van der Waals surface area contributed by atoms with Gasteiger partial charge in [-0.05, 0) is 55.2 Å². The average molecular weight is 376 g/mol. The molecule has 1 N–H and O–H groups in total. The number of carbonyl (C=O) groups is 2. The van der Waals surface area contributed by atoms with Crippen molar-refractivity contribution in [3.63, 3.8) is 0 Å². The molecule has 0 saturated heterocycles. The zero-order valence-electron chi connectivity index (χ0n) is 14.9. The van der Waals surface area contributed by atoms with Crippen molar-refractivity contribution in [2.75, 3.05) is 19.8 Å². The SMILES string of the molecule is Cc1cc(OCC(=O)OCC(=O)NCCc2ccccc2C)ccc1Cl. The molecule has 138 valence electrons. The van der Waals surface area contributed by atoms with E-state index in [0.717, 1.165) is 12.0 Å². The highest BCUT2D eigenvalue weighted by Gasteiger charge is 2.09. The van der Waals surface area contributed by atoms with Gasteiger partial charge >= 0.3 is 5.97 Å². The summed E-state index contributed by atoms with van der Waals surface area (Å²) in [5.41, 5.74) is 3.21. The molecule has 1 amide bonds. The zero-order chi connectivity index (χ0) is 18.9. The van der Waals surface area contributed by atoms with Crippen molar-refractivity contribution in [3.8, 4) is 5.75 Å². The van der Waals surface area contributed by atoms with Gasteiger partial charge in [0, 0.05) is 11.6 Å². The van der Waals surface area contributed by atoms with Gasteiger partial charge in [0.15, 0.2) is 13.2 Å². The minimum Gasteiger partial charge on any atom is -0.482 e. The third kappa shape index (κ3) is 6.41. The van der Waals surface area contributed by atoms with Crippen LogP contribution in [0, 0.1) is 13.8 Å². The van der Waals surface area contributed by atoms with Gasteiger partial charge < -0.3 is 14.8 Å². The zero-order valence-corrected chi connectivity index (χ0v) is 15.6. The molecule has 0 saturated carbocycles. The smallest absolute Gasteiger partial charge is 0.344 e. The van der Waals surface area contributed by atoms with Gasteiger partial charge in [-0.25, -0.2) is 4.79 Å². The van der Waals surface area contributed by atoms with Crippen molar-refractivity contribution in [2.24, 2.45) is 0 Å². The fourth-order valence-electron chi connectivity index (χ4n) is 2.32. The molecule has 2 aromatic rings. The van der Waals surface area contributed by atoms with Gasteiger partial charge in [0.05, 0.1) is 0 Å². The van der Waals surface area contributed by atoms with Gasteiger partial charge in [0.1, 0.15) is 5.75 Å². The highest BCUT2D eigenvalue weighted by molar-refractivity contribution is 6.31. The summed E-state index contributed by atoms with van der Waals surface area (Å²) in [5, 5.41) is 3.36. The lowest BCUT2D eigenvalue weighted by Crippen LogP contribution is -2.31. The Labute approximate surface area is 158 Å². The number of nitrogens with one attached hydrogen (secondary N) is 1. The van der Waals surface area contributed by atoms with E-state index in [2.05, 4.69) is 5.32 Å². The first-order valence-corrected chi connectivity index (χ1v) is 8.69. The van der Waals surface area contributed by atoms with Crippen LogP contribution in [0.4, 0.5) is 0 Å². The Morgan fingerprint density at radius 3 is 2.54 bits per heavy atom. The van der Waals surface area contributed by atoms with E-state index < -0.39 is 5.97 Å². The highest BCUT2D eigenvalue weighted by Crippen LogP contribution is 2.20. The molecule has 0 heterocycles. The maximum atomic E-state index is 11.7. The van der Waals surface area contributed by atoms with Gasteiger partial charge in [-0.2, -0.15) is 0 Å². The lowest BCUT2D eigenvalue weighted by molar-refractivity contribution is -0.150. The molecular formula is C20H22ClNO4. The van der Waals surface area contributed by atoms with Crippen LogP contribution in [-0.2, 0) is 20.7 Å². The van der Waals surface area contributed by atoms with E-state index in [1.54, 1.807) is 18.2 Å². The minimum absolute atomic E-state index is 0.266. The second-order valence-electron chi connectivity index (χ2n) is 5.89. The van der Waals surface area contributed by atoms with E-state index in [1.165, 1.54) is 11.1 Å². The first-order chi connectivity index (χ1) is 12.5. The van der Waals surface area contributed by atoms with Crippen LogP contribution in [0.3, 0.4) is 0 Å². The Hall–Kier alpha value is -2.53. The van der Waals surface area contributed by atoms with Crippen LogP contribution in [0.1, 0.15) is 16.7 Å². The van der Waals surface area contributed by atoms with E-state index in [0.29, 0.717) is 17.3 Å². The van der Waals surface area contributed by atoms with Gasteiger partial charge in [0.25, 0.3) is 5.91 Å². The lowest BCUT2D eigenvalue weighted by atomic mass is 10.1. The number of hydrogen-bond donors (Lipinski definition) is 1. The Bertz CT molecular complexity index is 776. The molecule has 0 atom stereocenters. The van der Waals surface area contributed by atoms with Gasteiger partial charge in [-0.15, -0.1) is 0 Å². The average Bonchev–Trinajstić information content (AvgIpc) is 2.62. The van der Waals surface area contributed by atoms with E-state index in [-0.39, 0.29) is 19.1 Å². The summed E-state index contributed by atoms with van der Waals surface area (Å²) in [6.45, 7) is 3.77. The number of hydrogen-bond acceptors (Lipinski definition) is 4. The van der Waals surface area contributed by atoms with Gasteiger partial charge in [-0.3, -0.25) is 4.79 Å². The predicted molar refractivity (Wildman–Crippen MR) is 101 cm³/mol. The Morgan fingerprint density at radius 1 is 1.04 bits per heavy atom. The fraction of sp³-hybridized carbons (Fsp3) is 0.300. The minimum atomic E-state index is -0.605. The third-order valence-electron chi connectivity index (χ3n) is 3.83. The van der Waals surface area contributed by atoms with Crippen molar-refractivity contribution in [1.82, 2.24) is 5.32 Å². The lowest BCUT2D eigenvalue weighted by Gasteiger charge is -2.09. The van der Waals surface area contributed by atoms with Crippen LogP contribution >= 0.6 is 11.6 Å². The van der Waals surface area contributed by atoms with Crippen LogP contribution < -0.4 is 10.1 Å². The van der Waals surface area contributed by atoms with E-state index >= 15 is 0 Å². The van der Waals surface area contributed by atoms with Crippen LogP contribution in [0.5, 0.6) is 5.75 Å². The Morgan fingerprint density at radius 2 is 1.81 bits per heavy atom. The van der Waals surface area contributed by atoms with Crippen molar-refractivity contribution in [1.29, 1.82) is 0 Å². The molecule has 0 aromatic heterocycles. The summed E-state index contributed by atoms with van der Waals surface area (Å²) in [5.74, 6) is -0.424. The molecule has 0 aliphatic carbocycles. The summed E-state index contributed by atoms with van der Waals surface area (Å²) < 4.78 is 10.2. The molecule has 6 heteroatoms. The standard InChI is InChI=1S/C20H22ClNO4/c1-14-5-3-4-6-16(14)9-10-22-19(23)12-26-20(24)13-25-17-7-8-18(21)15(2)11-17/h3-8,11H,9-10,12-13H2,1-2H3,(H,22,23). The number of rotatable bonds is 8. The predicted octanol–water partition coefficient (Wildman–Crippen LogP) is 3.24. The molecule has 0 spiro atoms. The number of benzene rings is 2. The molecular weight excluding hydrogens is 354 g/mol. The number of esters is 1. The molecule has 0 bridgehead atoms.